The molecule has 232 valence electrons. The van der Waals surface area contributed by atoms with E-state index >= 15 is 0 Å². The van der Waals surface area contributed by atoms with Crippen molar-refractivity contribution in [2.45, 2.75) is 157 Å². The van der Waals surface area contributed by atoms with Crippen LogP contribution in [0.15, 0.2) is 12.1 Å². The van der Waals surface area contributed by atoms with Crippen molar-refractivity contribution in [2.24, 2.45) is 53.3 Å². The van der Waals surface area contributed by atoms with Gasteiger partial charge in [0.05, 0.1) is 6.61 Å². The van der Waals surface area contributed by atoms with Crippen molar-refractivity contribution in [1.82, 2.24) is 0 Å². The second-order valence-corrected chi connectivity index (χ2v) is 19.4. The maximum atomic E-state index is 7.71. The SMILES string of the molecule is CCC(Oc1c(C23CC4CC(CC(C4)C2)C3)ccc(C23CC4CC(CC(C4)C2)C3)c1C12CC3CC(CC(C3)C1)C2)C1CO1. The average Bonchev–Trinajstić information content (AvgIpc) is 3.79. The lowest BCUT2D eigenvalue weighted by atomic mass is 9.43. The summed E-state index contributed by atoms with van der Waals surface area (Å²) in [6.07, 6.45) is 28.6. The highest BCUT2D eigenvalue weighted by Gasteiger charge is 2.60. The second kappa shape index (κ2) is 8.86. The summed E-state index contributed by atoms with van der Waals surface area (Å²) in [4.78, 5) is 0. The molecule has 1 heterocycles. The molecule has 14 rings (SSSR count). The molecule has 0 spiro atoms. The lowest BCUT2D eigenvalue weighted by Gasteiger charge is -2.62. The van der Waals surface area contributed by atoms with Crippen molar-refractivity contribution in [3.05, 3.63) is 28.8 Å². The smallest absolute Gasteiger partial charge is 0.127 e. The summed E-state index contributed by atoms with van der Waals surface area (Å²) in [5.74, 6) is 10.3. The molecule has 0 aromatic heterocycles. The van der Waals surface area contributed by atoms with Gasteiger partial charge in [-0.1, -0.05) is 19.1 Å². The average molecular weight is 581 g/mol. The summed E-state index contributed by atoms with van der Waals surface area (Å²) in [7, 11) is 0. The fraction of sp³-hybridized carbons (Fsp3) is 0.854. The first-order valence-corrected chi connectivity index (χ1v) is 19.4. The molecule has 12 saturated carbocycles. The van der Waals surface area contributed by atoms with Crippen LogP contribution in [0, 0.1) is 53.3 Å². The van der Waals surface area contributed by atoms with Gasteiger partial charge in [-0.2, -0.15) is 0 Å². The first kappa shape index (κ1) is 26.1. The van der Waals surface area contributed by atoms with Crippen LogP contribution in [0.5, 0.6) is 5.75 Å². The number of hydrogen-bond acceptors (Lipinski definition) is 2. The monoisotopic (exact) mass is 580 g/mol. The molecule has 1 aromatic carbocycles. The predicted octanol–water partition coefficient (Wildman–Crippen LogP) is 9.65. The minimum atomic E-state index is 0.229. The Labute approximate surface area is 260 Å². The van der Waals surface area contributed by atoms with Gasteiger partial charge in [0.25, 0.3) is 0 Å². The van der Waals surface area contributed by atoms with E-state index in [4.69, 9.17) is 9.47 Å². The fourth-order valence-corrected chi connectivity index (χ4v) is 16.2. The highest BCUT2D eigenvalue weighted by Crippen LogP contribution is 2.69. The van der Waals surface area contributed by atoms with Crippen LogP contribution < -0.4 is 4.74 Å². The summed E-state index contributed by atoms with van der Waals surface area (Å²) in [6.45, 7) is 3.27. The highest BCUT2D eigenvalue weighted by molar-refractivity contribution is 5.58. The third-order valence-electron chi connectivity index (χ3n) is 16.4. The van der Waals surface area contributed by atoms with E-state index in [0.717, 1.165) is 66.3 Å². The van der Waals surface area contributed by atoms with Crippen LogP contribution in [-0.4, -0.2) is 18.8 Å². The molecule has 1 saturated heterocycles. The molecule has 12 aliphatic carbocycles. The van der Waals surface area contributed by atoms with Crippen LogP contribution in [0.2, 0.25) is 0 Å². The lowest BCUT2D eigenvalue weighted by Crippen LogP contribution is -2.53. The standard InChI is InChI=1S/C41H56O2/c1-2-35(36-23-42-36)43-38-34(40-17-27-8-28(18-40)10-29(9-27)19-40)4-3-33(39-14-24-5-25(15-39)7-26(6-24)16-39)37(38)41-20-30-11-31(21-41)13-32(12-30)22-41/h3-4,24-32,35-36H,2,5-23H2,1H3. The van der Waals surface area contributed by atoms with Crippen molar-refractivity contribution < 1.29 is 9.47 Å². The molecule has 2 unspecified atom stereocenters. The summed E-state index contributed by atoms with van der Waals surface area (Å²) < 4.78 is 13.7. The highest BCUT2D eigenvalue weighted by atomic mass is 16.6. The molecule has 1 aliphatic heterocycles. The zero-order valence-electron chi connectivity index (χ0n) is 27.0. The topological polar surface area (TPSA) is 21.8 Å². The van der Waals surface area contributed by atoms with Gasteiger partial charge in [0.2, 0.25) is 0 Å². The number of epoxide rings is 1. The van der Waals surface area contributed by atoms with E-state index in [-0.39, 0.29) is 6.10 Å². The van der Waals surface area contributed by atoms with Crippen molar-refractivity contribution >= 4 is 0 Å². The third kappa shape index (κ3) is 3.80. The normalized spacial score (nSPS) is 53.5. The van der Waals surface area contributed by atoms with Crippen LogP contribution in [-0.2, 0) is 21.0 Å². The van der Waals surface area contributed by atoms with Gasteiger partial charge in [0, 0.05) is 16.5 Å². The molecule has 2 heteroatoms. The summed E-state index contributed by atoms with van der Waals surface area (Å²) >= 11 is 0. The van der Waals surface area contributed by atoms with Crippen LogP contribution in [0.3, 0.4) is 0 Å². The van der Waals surface area contributed by atoms with Gasteiger partial charge in [0.1, 0.15) is 18.0 Å². The van der Waals surface area contributed by atoms with Gasteiger partial charge in [-0.15, -0.1) is 0 Å². The molecule has 0 N–H and O–H groups in total. The molecule has 43 heavy (non-hydrogen) atoms. The number of hydrogen-bond donors (Lipinski definition) is 0. The molecule has 2 nitrogen and oxygen atoms in total. The zero-order chi connectivity index (χ0) is 28.1. The van der Waals surface area contributed by atoms with E-state index in [1.807, 2.05) is 11.1 Å². The molecule has 1 aromatic rings. The number of benzene rings is 1. The Kier molecular flexibility index (Phi) is 5.38. The predicted molar refractivity (Wildman–Crippen MR) is 170 cm³/mol. The quantitative estimate of drug-likeness (QED) is 0.300. The van der Waals surface area contributed by atoms with Crippen molar-refractivity contribution in [1.29, 1.82) is 0 Å². The van der Waals surface area contributed by atoms with Crippen LogP contribution in [0.4, 0.5) is 0 Å². The molecule has 2 atom stereocenters. The maximum Gasteiger partial charge on any atom is 0.127 e. The molecular formula is C41H56O2. The first-order chi connectivity index (χ1) is 21.0. The van der Waals surface area contributed by atoms with Crippen molar-refractivity contribution in [3.63, 3.8) is 0 Å². The summed E-state index contributed by atoms with van der Waals surface area (Å²) in [6, 6.07) is 5.58. The molecule has 0 amide bonds. The maximum absolute atomic E-state index is 7.71. The van der Waals surface area contributed by atoms with Gasteiger partial charge < -0.3 is 9.47 Å². The van der Waals surface area contributed by atoms with E-state index in [9.17, 15) is 0 Å². The van der Waals surface area contributed by atoms with Gasteiger partial charge in [-0.05, 0) is 192 Å². The molecule has 0 radical (unpaired) electrons. The summed E-state index contributed by atoms with van der Waals surface area (Å²) in [5.41, 5.74) is 6.60. The van der Waals surface area contributed by atoms with E-state index in [1.54, 1.807) is 5.56 Å². The molecule has 12 bridgehead atoms. The Hall–Kier alpha value is -1.02. The van der Waals surface area contributed by atoms with Crippen LogP contribution in [0.25, 0.3) is 0 Å². The van der Waals surface area contributed by atoms with Crippen LogP contribution >= 0.6 is 0 Å². The van der Waals surface area contributed by atoms with Crippen molar-refractivity contribution in [2.75, 3.05) is 6.61 Å². The fourth-order valence-electron chi connectivity index (χ4n) is 16.2. The number of ether oxygens (including phenoxy) is 2. The van der Waals surface area contributed by atoms with E-state index in [1.165, 1.54) is 121 Å². The van der Waals surface area contributed by atoms with Crippen molar-refractivity contribution in [3.8, 4) is 5.75 Å². The molecule has 13 aliphatic rings. The Morgan fingerprint density at radius 1 is 0.581 bits per heavy atom. The van der Waals surface area contributed by atoms with Gasteiger partial charge in [-0.3, -0.25) is 0 Å². The second-order valence-electron chi connectivity index (χ2n) is 19.4. The Balaban J connectivity index is 1.15. The summed E-state index contributed by atoms with van der Waals surface area (Å²) in [5, 5.41) is 0. The minimum absolute atomic E-state index is 0.229. The van der Waals surface area contributed by atoms with E-state index < -0.39 is 0 Å². The number of rotatable bonds is 7. The van der Waals surface area contributed by atoms with Gasteiger partial charge in [-0.25, -0.2) is 0 Å². The van der Waals surface area contributed by atoms with E-state index in [0.29, 0.717) is 22.3 Å². The Bertz CT molecular complexity index is 1210. The largest absolute Gasteiger partial charge is 0.487 e. The Morgan fingerprint density at radius 2 is 0.930 bits per heavy atom. The van der Waals surface area contributed by atoms with Crippen LogP contribution in [0.1, 0.15) is 146 Å². The first-order valence-electron chi connectivity index (χ1n) is 19.4. The van der Waals surface area contributed by atoms with E-state index in [2.05, 4.69) is 19.1 Å². The Morgan fingerprint density at radius 3 is 1.30 bits per heavy atom. The third-order valence-corrected chi connectivity index (χ3v) is 16.4. The van der Waals surface area contributed by atoms with Gasteiger partial charge >= 0.3 is 0 Å². The lowest BCUT2D eigenvalue weighted by molar-refractivity contribution is -0.0209. The molecule has 13 fully saturated rings. The molecular weight excluding hydrogens is 524 g/mol. The minimum Gasteiger partial charge on any atom is -0.487 e. The zero-order valence-corrected chi connectivity index (χ0v) is 27.0. The van der Waals surface area contributed by atoms with Gasteiger partial charge in [0.15, 0.2) is 0 Å².